The second kappa shape index (κ2) is 12.9. The number of carbonyl (C=O) groups excluding carboxylic acids is 1. The van der Waals surface area contributed by atoms with Gasteiger partial charge in [-0.25, -0.2) is 4.79 Å². The normalized spacial score (nSPS) is 11.2. The molecule has 0 bridgehead atoms. The smallest absolute Gasteiger partial charge is 0.343 e. The molecule has 0 atom stereocenters. The van der Waals surface area contributed by atoms with E-state index in [1.807, 2.05) is 54.6 Å². The maximum absolute atomic E-state index is 12.5. The molecule has 4 rings (SSSR count). The maximum atomic E-state index is 12.5. The van der Waals surface area contributed by atoms with Crippen molar-refractivity contribution in [3.8, 4) is 11.5 Å². The number of unbranched alkanes of at least 4 members (excludes halogenated alkanes) is 4. The van der Waals surface area contributed by atoms with Gasteiger partial charge in [-0.05, 0) is 77.4 Å². The predicted molar refractivity (Wildman–Crippen MR) is 151 cm³/mol. The van der Waals surface area contributed by atoms with Crippen LogP contribution in [0.15, 0.2) is 94.8 Å². The van der Waals surface area contributed by atoms with Crippen molar-refractivity contribution in [2.45, 2.75) is 43.9 Å². The Morgan fingerprint density at radius 2 is 1.56 bits per heavy atom. The minimum Gasteiger partial charge on any atom is -0.494 e. The first kappa shape index (κ1) is 25.5. The number of carbonyl (C=O) groups is 1. The number of nitrogens with zero attached hydrogens (tertiary/aromatic N) is 1. The van der Waals surface area contributed by atoms with E-state index in [0.717, 1.165) is 39.1 Å². The average molecular weight is 498 g/mol. The summed E-state index contributed by atoms with van der Waals surface area (Å²) in [5.41, 5.74) is 2.18. The molecule has 0 amide bonds. The van der Waals surface area contributed by atoms with Gasteiger partial charge in [0.1, 0.15) is 11.5 Å². The van der Waals surface area contributed by atoms with Gasteiger partial charge in [0, 0.05) is 11.1 Å². The molecule has 4 aromatic carbocycles. The fraction of sp³-hybridized carbons (Fsp3) is 0.226. The fourth-order valence-electron chi connectivity index (χ4n) is 3.86. The van der Waals surface area contributed by atoms with E-state index in [1.54, 1.807) is 30.5 Å². The summed E-state index contributed by atoms with van der Waals surface area (Å²) >= 11 is 4.66. The molecule has 4 nitrogen and oxygen atoms in total. The van der Waals surface area contributed by atoms with Gasteiger partial charge < -0.3 is 9.47 Å². The molecule has 0 radical (unpaired) electrons. The second-order valence-corrected chi connectivity index (χ2v) is 9.11. The summed E-state index contributed by atoms with van der Waals surface area (Å²) < 4.78 is 11.3. The summed E-state index contributed by atoms with van der Waals surface area (Å²) in [4.78, 5) is 18.0. The number of aliphatic imine (C=N–C) groups is 1. The van der Waals surface area contributed by atoms with Crippen LogP contribution < -0.4 is 9.47 Å². The van der Waals surface area contributed by atoms with Crippen LogP contribution in [0, 0.1) is 0 Å². The van der Waals surface area contributed by atoms with Gasteiger partial charge in [-0.15, -0.1) is 12.6 Å². The molecule has 0 aromatic heterocycles. The molecule has 0 saturated carbocycles. The van der Waals surface area contributed by atoms with Crippen molar-refractivity contribution in [1.29, 1.82) is 0 Å². The van der Waals surface area contributed by atoms with Gasteiger partial charge >= 0.3 is 5.97 Å². The summed E-state index contributed by atoms with van der Waals surface area (Å²) in [5, 5.41) is 2.20. The van der Waals surface area contributed by atoms with Crippen molar-refractivity contribution in [2.75, 3.05) is 6.61 Å². The molecule has 36 heavy (non-hydrogen) atoms. The fourth-order valence-corrected chi connectivity index (χ4v) is 4.20. The molecular weight excluding hydrogens is 466 g/mol. The molecule has 0 fully saturated rings. The highest BCUT2D eigenvalue weighted by Gasteiger charge is 2.09. The standard InChI is InChI=1S/C31H31NO3S/c1-2-3-4-5-8-21-34-26-18-13-25(14-19-26)31(33)35-27-16-11-23(12-17-27)22-32-29-20-15-24-9-6-7-10-28(24)30(29)36/h6-7,9-20,22,36H,2-5,8,21H2,1H3. The monoisotopic (exact) mass is 497 g/mol. The average Bonchev–Trinajstić information content (AvgIpc) is 2.91. The van der Waals surface area contributed by atoms with E-state index >= 15 is 0 Å². The number of rotatable bonds is 11. The van der Waals surface area contributed by atoms with Crippen LogP contribution >= 0.6 is 12.6 Å². The Kier molecular flexibility index (Phi) is 9.17. The predicted octanol–water partition coefficient (Wildman–Crippen LogP) is 8.45. The third-order valence-corrected chi connectivity index (χ3v) is 6.40. The molecule has 184 valence electrons. The molecule has 0 aliphatic rings. The molecule has 0 N–H and O–H groups in total. The zero-order chi connectivity index (χ0) is 25.2. The van der Waals surface area contributed by atoms with E-state index in [-0.39, 0.29) is 0 Å². The summed E-state index contributed by atoms with van der Waals surface area (Å²) in [6.45, 7) is 2.90. The first-order valence-electron chi connectivity index (χ1n) is 12.4. The van der Waals surface area contributed by atoms with Crippen molar-refractivity contribution in [2.24, 2.45) is 4.99 Å². The van der Waals surface area contributed by atoms with Crippen molar-refractivity contribution in [3.63, 3.8) is 0 Å². The number of hydrogen-bond acceptors (Lipinski definition) is 5. The Morgan fingerprint density at radius 3 is 2.33 bits per heavy atom. The summed E-state index contributed by atoms with van der Waals surface area (Å²) in [7, 11) is 0. The molecule has 5 heteroatoms. The number of fused-ring (bicyclic) bond motifs is 1. The molecule has 0 aliphatic heterocycles. The van der Waals surface area contributed by atoms with Crippen LogP contribution in [-0.4, -0.2) is 18.8 Å². The van der Waals surface area contributed by atoms with Crippen molar-refractivity contribution < 1.29 is 14.3 Å². The van der Waals surface area contributed by atoms with Gasteiger partial charge in [-0.1, -0.05) is 62.9 Å². The number of ether oxygens (including phenoxy) is 2. The van der Waals surface area contributed by atoms with E-state index in [2.05, 4.69) is 30.6 Å². The maximum Gasteiger partial charge on any atom is 0.343 e. The summed E-state index contributed by atoms with van der Waals surface area (Å²) in [6.07, 6.45) is 7.76. The van der Waals surface area contributed by atoms with E-state index in [1.165, 1.54) is 25.7 Å². The summed E-state index contributed by atoms with van der Waals surface area (Å²) in [6, 6.07) is 26.4. The Bertz CT molecular complexity index is 1310. The van der Waals surface area contributed by atoms with E-state index in [0.29, 0.717) is 17.9 Å². The van der Waals surface area contributed by atoms with Crippen molar-refractivity contribution in [1.82, 2.24) is 0 Å². The lowest BCUT2D eigenvalue weighted by Crippen LogP contribution is -2.08. The van der Waals surface area contributed by atoms with Crippen LogP contribution in [0.3, 0.4) is 0 Å². The highest BCUT2D eigenvalue weighted by atomic mass is 32.1. The van der Waals surface area contributed by atoms with Crippen LogP contribution in [0.25, 0.3) is 10.8 Å². The molecule has 4 aromatic rings. The van der Waals surface area contributed by atoms with Crippen LogP contribution in [-0.2, 0) is 0 Å². The van der Waals surface area contributed by atoms with Crippen LogP contribution in [0.1, 0.15) is 54.9 Å². The highest BCUT2D eigenvalue weighted by Crippen LogP contribution is 2.31. The van der Waals surface area contributed by atoms with Crippen LogP contribution in [0.4, 0.5) is 5.69 Å². The lowest BCUT2D eigenvalue weighted by atomic mass is 10.1. The minimum absolute atomic E-state index is 0.404. The molecule has 0 aliphatic carbocycles. The van der Waals surface area contributed by atoms with E-state index < -0.39 is 5.97 Å². The molecule has 0 unspecified atom stereocenters. The number of benzene rings is 4. The molecule has 0 heterocycles. The Labute approximate surface area is 218 Å². The third kappa shape index (κ3) is 6.98. The number of esters is 1. The molecule has 0 spiro atoms. The van der Waals surface area contributed by atoms with Crippen LogP contribution in [0.2, 0.25) is 0 Å². The lowest BCUT2D eigenvalue weighted by molar-refractivity contribution is 0.0734. The molecular formula is C31H31NO3S. The van der Waals surface area contributed by atoms with Gasteiger partial charge in [-0.3, -0.25) is 4.99 Å². The Hall–Kier alpha value is -3.57. The molecule has 0 saturated heterocycles. The Morgan fingerprint density at radius 1 is 0.833 bits per heavy atom. The van der Waals surface area contributed by atoms with E-state index in [9.17, 15) is 4.79 Å². The van der Waals surface area contributed by atoms with Gasteiger partial charge in [0.05, 0.1) is 17.9 Å². The second-order valence-electron chi connectivity index (χ2n) is 8.66. The van der Waals surface area contributed by atoms with Crippen molar-refractivity contribution in [3.05, 3.63) is 96.1 Å². The summed E-state index contributed by atoms with van der Waals surface area (Å²) in [5.74, 6) is 0.838. The topological polar surface area (TPSA) is 47.9 Å². The number of thiol groups is 1. The first-order valence-corrected chi connectivity index (χ1v) is 12.9. The van der Waals surface area contributed by atoms with Gasteiger partial charge in [0.25, 0.3) is 0 Å². The van der Waals surface area contributed by atoms with E-state index in [4.69, 9.17) is 9.47 Å². The van der Waals surface area contributed by atoms with Gasteiger partial charge in [-0.2, -0.15) is 0 Å². The third-order valence-electron chi connectivity index (χ3n) is 5.93. The minimum atomic E-state index is -0.404. The lowest BCUT2D eigenvalue weighted by Gasteiger charge is -2.08. The largest absolute Gasteiger partial charge is 0.494 e. The van der Waals surface area contributed by atoms with Crippen molar-refractivity contribution >= 4 is 41.3 Å². The highest BCUT2D eigenvalue weighted by molar-refractivity contribution is 7.80. The first-order chi connectivity index (χ1) is 17.6. The quantitative estimate of drug-likeness (QED) is 0.0743. The van der Waals surface area contributed by atoms with Crippen LogP contribution in [0.5, 0.6) is 11.5 Å². The van der Waals surface area contributed by atoms with Gasteiger partial charge in [0.2, 0.25) is 0 Å². The number of hydrogen-bond donors (Lipinski definition) is 1. The Balaban J connectivity index is 1.30. The zero-order valence-electron chi connectivity index (χ0n) is 20.5. The zero-order valence-corrected chi connectivity index (χ0v) is 21.4. The SMILES string of the molecule is CCCCCCCOc1ccc(C(=O)Oc2ccc(C=Nc3ccc4ccccc4c3S)cc2)cc1. The van der Waals surface area contributed by atoms with Gasteiger partial charge in [0.15, 0.2) is 0 Å².